The molecule has 0 radical (unpaired) electrons. The molecule has 0 aromatic heterocycles. The Morgan fingerprint density at radius 1 is 0.941 bits per heavy atom. The summed E-state index contributed by atoms with van der Waals surface area (Å²) in [5, 5.41) is 8.73. The molecule has 5 nitrogen and oxygen atoms in total. The van der Waals surface area contributed by atoms with Gasteiger partial charge >= 0.3 is 0 Å². The van der Waals surface area contributed by atoms with Crippen LogP contribution in [0.5, 0.6) is 0 Å². The Balaban J connectivity index is 2.13. The summed E-state index contributed by atoms with van der Waals surface area (Å²) in [7, 11) is -1.39. The van der Waals surface area contributed by atoms with Gasteiger partial charge in [0.1, 0.15) is 0 Å². The molecule has 1 unspecified atom stereocenters. The first-order chi connectivity index (χ1) is 8.31. The van der Waals surface area contributed by atoms with Crippen molar-refractivity contribution >= 4 is 25.3 Å². The summed E-state index contributed by atoms with van der Waals surface area (Å²) in [6, 6.07) is 0. The normalized spacial score (nSPS) is 23.4. The average Bonchev–Trinajstić information content (AvgIpc) is 2.90. The van der Waals surface area contributed by atoms with Crippen molar-refractivity contribution in [3.8, 4) is 0 Å². The minimum absolute atomic E-state index is 0.973. The molecule has 1 N–H and O–H groups in total. The van der Waals surface area contributed by atoms with Crippen molar-refractivity contribution in [3.63, 3.8) is 0 Å². The fourth-order valence-corrected chi connectivity index (χ4v) is 3.10. The number of hydrogen-bond acceptors (Lipinski definition) is 2. The van der Waals surface area contributed by atoms with E-state index in [1.165, 1.54) is 32.1 Å². The third kappa shape index (κ3) is 3.57. The predicted molar refractivity (Wildman–Crippen MR) is 72.2 cm³/mol. The highest BCUT2D eigenvalue weighted by molar-refractivity contribution is 8.28. The van der Waals surface area contributed by atoms with Crippen molar-refractivity contribution in [2.24, 2.45) is 9.67 Å². The molecule has 2 aliphatic heterocycles. The summed E-state index contributed by atoms with van der Waals surface area (Å²) in [5.41, 5.74) is 0. The van der Waals surface area contributed by atoms with Gasteiger partial charge in [0.2, 0.25) is 13.0 Å². The second-order valence-corrected chi connectivity index (χ2v) is 6.35. The lowest BCUT2D eigenvalue weighted by atomic mass is 10.1. The zero-order valence-corrected chi connectivity index (χ0v) is 11.7. The molecule has 96 valence electrons. The first-order valence-corrected chi connectivity index (χ1v) is 8.48. The summed E-state index contributed by atoms with van der Waals surface area (Å²) < 4.78 is 4.43. The average molecular weight is 274 g/mol. The van der Waals surface area contributed by atoms with Crippen molar-refractivity contribution in [1.82, 2.24) is 9.80 Å². The number of guanidine groups is 1. The number of piperidine rings is 1. The Morgan fingerprint density at radius 3 is 1.88 bits per heavy atom. The molecule has 1 atom stereocenters. The number of hydrogen-bond donors (Lipinski definition) is 1. The van der Waals surface area contributed by atoms with Crippen LogP contribution in [0.1, 0.15) is 32.1 Å². The molecule has 2 aliphatic rings. The monoisotopic (exact) mass is 274 g/mol. The molecule has 0 aliphatic carbocycles. The first-order valence-electron chi connectivity index (χ1n) is 6.22. The van der Waals surface area contributed by atoms with Gasteiger partial charge in [-0.15, -0.1) is 0 Å². The molecule has 0 saturated carbocycles. The van der Waals surface area contributed by atoms with E-state index in [0.717, 1.165) is 32.1 Å². The van der Waals surface area contributed by atoms with Gasteiger partial charge < -0.3 is 22.0 Å². The first kappa shape index (κ1) is 13.1. The third-order valence-corrected chi connectivity index (χ3v) is 4.25. The molecule has 0 amide bonds. The van der Waals surface area contributed by atoms with Gasteiger partial charge in [0.05, 0.1) is 4.91 Å². The smallest absolute Gasteiger partial charge is 0.249 e. The highest BCUT2D eigenvalue weighted by Crippen LogP contribution is 2.26. The van der Waals surface area contributed by atoms with E-state index in [1.54, 1.807) is 0 Å². The van der Waals surface area contributed by atoms with Crippen LogP contribution in [0.4, 0.5) is 0 Å². The van der Waals surface area contributed by atoms with E-state index in [1.807, 2.05) is 0 Å². The topological polar surface area (TPSA) is 51.4 Å². The zero-order valence-electron chi connectivity index (χ0n) is 9.96. The van der Waals surface area contributed by atoms with Crippen LogP contribution in [-0.4, -0.2) is 47.1 Å². The molecule has 0 aromatic rings. The van der Waals surface area contributed by atoms with Gasteiger partial charge in [0.25, 0.3) is 0 Å². The van der Waals surface area contributed by atoms with Crippen molar-refractivity contribution in [1.29, 1.82) is 0 Å². The van der Waals surface area contributed by atoms with E-state index in [0.29, 0.717) is 0 Å². The second kappa shape index (κ2) is 6.57. The van der Waals surface area contributed by atoms with Gasteiger partial charge in [-0.3, -0.25) is 0 Å². The van der Waals surface area contributed by atoms with Crippen LogP contribution in [-0.2, 0) is 12.2 Å². The summed E-state index contributed by atoms with van der Waals surface area (Å²) in [5.74, 6) is 0.973. The fourth-order valence-electron chi connectivity index (χ4n) is 2.43. The van der Waals surface area contributed by atoms with Crippen molar-refractivity contribution < 1.29 is 5.21 Å². The Kier molecular flexibility index (Phi) is 5.07. The van der Waals surface area contributed by atoms with E-state index < -0.39 is 7.07 Å². The Labute approximate surface area is 109 Å². The zero-order chi connectivity index (χ0) is 12.1. The van der Waals surface area contributed by atoms with Crippen LogP contribution < -0.4 is 0 Å². The molecule has 0 aromatic carbocycles. The molecule has 2 heterocycles. The van der Waals surface area contributed by atoms with Crippen molar-refractivity contribution in [3.05, 3.63) is 0 Å². The second-order valence-electron chi connectivity index (χ2n) is 4.48. The maximum absolute atomic E-state index is 8.73. The summed E-state index contributed by atoms with van der Waals surface area (Å²) in [6.07, 6.45) is 6.19. The van der Waals surface area contributed by atoms with Gasteiger partial charge in [0.15, 0.2) is 0 Å². The fraction of sp³-hybridized carbons (Fsp3) is 0.900. The molecule has 2 saturated heterocycles. The maximum Gasteiger partial charge on any atom is 0.249 e. The Hall–Kier alpha value is -0.320. The standard InChI is InChI=1S/C10H19N4OPS/c15-12-16(17)11-10(14-8-4-5-9-14)13-6-2-1-3-7-13/h15H,1-9H2. The summed E-state index contributed by atoms with van der Waals surface area (Å²) in [6.45, 7) is 4.22. The molecular formula is C10H19N4OPS. The van der Waals surface area contributed by atoms with E-state index in [9.17, 15) is 0 Å². The molecule has 2 fully saturated rings. The van der Waals surface area contributed by atoms with Gasteiger partial charge in [-0.1, -0.05) is 0 Å². The predicted octanol–water partition coefficient (Wildman–Crippen LogP) is 2.36. The molecule has 2 rings (SSSR count). The van der Waals surface area contributed by atoms with Gasteiger partial charge in [-0.2, -0.15) is 0 Å². The molecule has 17 heavy (non-hydrogen) atoms. The van der Waals surface area contributed by atoms with Crippen molar-refractivity contribution in [2.45, 2.75) is 32.1 Å². The van der Waals surface area contributed by atoms with E-state index in [4.69, 9.17) is 17.5 Å². The van der Waals surface area contributed by atoms with Crippen LogP contribution in [0, 0.1) is 0 Å². The third-order valence-electron chi connectivity index (χ3n) is 3.28. The number of likely N-dealkylation sites (tertiary alicyclic amines) is 2. The van der Waals surface area contributed by atoms with Gasteiger partial charge in [-0.05, 0) is 36.9 Å². The molecule has 0 spiro atoms. The van der Waals surface area contributed by atoms with Crippen LogP contribution in [0.3, 0.4) is 0 Å². The van der Waals surface area contributed by atoms with Crippen LogP contribution in [0.15, 0.2) is 9.67 Å². The quantitative estimate of drug-likeness (QED) is 0.262. The minimum atomic E-state index is -1.39. The summed E-state index contributed by atoms with van der Waals surface area (Å²) >= 11 is 5.03. The highest BCUT2D eigenvalue weighted by atomic mass is 32.7. The molecule has 0 bridgehead atoms. The van der Waals surface area contributed by atoms with Gasteiger partial charge in [0, 0.05) is 26.2 Å². The Morgan fingerprint density at radius 2 is 1.41 bits per heavy atom. The lowest BCUT2D eigenvalue weighted by molar-refractivity contribution is 0.298. The van der Waals surface area contributed by atoms with Gasteiger partial charge in [-0.25, -0.2) is 5.21 Å². The van der Waals surface area contributed by atoms with E-state index in [-0.39, 0.29) is 0 Å². The highest BCUT2D eigenvalue weighted by Gasteiger charge is 2.25. The van der Waals surface area contributed by atoms with E-state index in [2.05, 4.69) is 19.5 Å². The van der Waals surface area contributed by atoms with Crippen molar-refractivity contribution in [2.75, 3.05) is 26.2 Å². The Bertz CT molecular complexity index is 311. The SMILES string of the molecule is ON=[P+]([S-])N=C(N1CCCCC1)N1CCCC1. The van der Waals surface area contributed by atoms with E-state index >= 15 is 0 Å². The number of nitrogens with zero attached hydrogens (tertiary/aromatic N) is 4. The number of rotatable bonds is 1. The molecule has 7 heteroatoms. The molecular weight excluding hydrogens is 255 g/mol. The lowest BCUT2D eigenvalue weighted by Gasteiger charge is -2.33. The van der Waals surface area contributed by atoms with Crippen LogP contribution >= 0.6 is 7.07 Å². The minimum Gasteiger partial charge on any atom is -0.434 e. The largest absolute Gasteiger partial charge is 0.434 e. The maximum atomic E-state index is 8.73. The van der Waals surface area contributed by atoms with Crippen LogP contribution in [0.25, 0.3) is 0 Å². The van der Waals surface area contributed by atoms with Crippen LogP contribution in [0.2, 0.25) is 0 Å². The lowest BCUT2D eigenvalue weighted by Crippen LogP contribution is -2.45. The summed E-state index contributed by atoms with van der Waals surface area (Å²) in [4.78, 5) is 7.73.